The van der Waals surface area contributed by atoms with Crippen molar-refractivity contribution in [3.8, 4) is 0 Å². The summed E-state index contributed by atoms with van der Waals surface area (Å²) in [4.78, 5) is 0. The van der Waals surface area contributed by atoms with E-state index in [1.807, 2.05) is 23.3 Å². The minimum Gasteiger partial charge on any atom is -0.372 e. The number of nitrogens with zero attached hydrogens (tertiary/aromatic N) is 6. The van der Waals surface area contributed by atoms with Crippen LogP contribution >= 0.6 is 0 Å². The van der Waals surface area contributed by atoms with E-state index in [2.05, 4.69) is 39.8 Å². The molecule has 3 heterocycles. The molecule has 2 atom stereocenters. The van der Waals surface area contributed by atoms with Crippen molar-refractivity contribution in [1.29, 1.82) is 0 Å². The van der Waals surface area contributed by atoms with Crippen molar-refractivity contribution in [2.75, 3.05) is 6.61 Å². The zero-order chi connectivity index (χ0) is 16.4. The molecule has 0 amide bonds. The zero-order valence-electron chi connectivity index (χ0n) is 14.3. The monoisotopic (exact) mass is 319 g/mol. The van der Waals surface area contributed by atoms with Crippen molar-refractivity contribution < 1.29 is 4.74 Å². The van der Waals surface area contributed by atoms with Crippen LogP contribution in [0.1, 0.15) is 48.6 Å². The lowest BCUT2D eigenvalue weighted by Crippen LogP contribution is -2.32. The van der Waals surface area contributed by atoms with Gasteiger partial charge in [-0.25, -0.2) is 4.68 Å². The van der Waals surface area contributed by atoms with Gasteiger partial charge in [0.05, 0.1) is 12.2 Å². The van der Waals surface area contributed by atoms with Gasteiger partial charge in [-0.05, 0) is 37.1 Å². The van der Waals surface area contributed by atoms with Gasteiger partial charge in [0.25, 0.3) is 0 Å². The second-order valence-corrected chi connectivity index (χ2v) is 6.09. The standard InChI is InChI=1S/C15H25N7O/c1-5-7-22-13(17-19-20-22)9-16-12-6-8-23-15(12)14-10(2)18-21(4)11(14)3/h12,15-16H,5-9H2,1-4H3/t12-,15-/m0/s1. The molecule has 0 aromatic carbocycles. The van der Waals surface area contributed by atoms with Gasteiger partial charge in [0.2, 0.25) is 0 Å². The molecule has 8 nitrogen and oxygen atoms in total. The van der Waals surface area contributed by atoms with E-state index in [1.165, 1.54) is 5.56 Å². The summed E-state index contributed by atoms with van der Waals surface area (Å²) >= 11 is 0. The minimum absolute atomic E-state index is 0.0409. The van der Waals surface area contributed by atoms with Crippen molar-refractivity contribution in [2.24, 2.45) is 7.05 Å². The first kappa shape index (κ1) is 16.1. The van der Waals surface area contributed by atoms with Gasteiger partial charge >= 0.3 is 0 Å². The molecule has 2 aromatic heterocycles. The lowest BCUT2D eigenvalue weighted by Gasteiger charge is -2.20. The van der Waals surface area contributed by atoms with Gasteiger partial charge in [0.1, 0.15) is 6.10 Å². The Hall–Kier alpha value is -1.80. The third-order valence-corrected chi connectivity index (χ3v) is 4.51. The highest BCUT2D eigenvalue weighted by Gasteiger charge is 2.33. The summed E-state index contributed by atoms with van der Waals surface area (Å²) in [5.41, 5.74) is 3.41. The van der Waals surface area contributed by atoms with E-state index in [-0.39, 0.29) is 12.1 Å². The number of hydrogen-bond acceptors (Lipinski definition) is 6. The molecule has 1 N–H and O–H groups in total. The number of hydrogen-bond donors (Lipinski definition) is 1. The Kier molecular flexibility index (Phi) is 4.72. The molecule has 0 spiro atoms. The van der Waals surface area contributed by atoms with Crippen LogP contribution in [-0.4, -0.2) is 42.6 Å². The molecule has 0 unspecified atom stereocenters. The van der Waals surface area contributed by atoms with E-state index in [0.717, 1.165) is 43.2 Å². The summed E-state index contributed by atoms with van der Waals surface area (Å²) in [6, 6.07) is 0.253. The molecule has 1 aliphatic heterocycles. The van der Waals surface area contributed by atoms with Crippen LogP contribution in [0.25, 0.3) is 0 Å². The highest BCUT2D eigenvalue weighted by atomic mass is 16.5. The summed E-state index contributed by atoms with van der Waals surface area (Å²) < 4.78 is 9.78. The summed E-state index contributed by atoms with van der Waals surface area (Å²) in [5.74, 6) is 0.872. The van der Waals surface area contributed by atoms with Gasteiger partial charge in [-0.2, -0.15) is 5.10 Å². The van der Waals surface area contributed by atoms with E-state index >= 15 is 0 Å². The molecule has 126 valence electrons. The zero-order valence-corrected chi connectivity index (χ0v) is 14.3. The molecular weight excluding hydrogens is 294 g/mol. The van der Waals surface area contributed by atoms with E-state index in [1.54, 1.807) is 0 Å². The molecule has 0 bridgehead atoms. The fourth-order valence-electron chi connectivity index (χ4n) is 3.24. The van der Waals surface area contributed by atoms with Crippen LogP contribution in [0, 0.1) is 13.8 Å². The molecule has 0 aliphatic carbocycles. The first-order chi connectivity index (χ1) is 11.1. The Morgan fingerprint density at radius 1 is 1.35 bits per heavy atom. The second kappa shape index (κ2) is 6.76. The molecule has 1 fully saturated rings. The first-order valence-corrected chi connectivity index (χ1v) is 8.22. The number of rotatable bonds is 6. The molecule has 0 saturated carbocycles. The van der Waals surface area contributed by atoms with Crippen LogP contribution in [-0.2, 0) is 24.9 Å². The molecule has 1 aliphatic rings. The summed E-state index contributed by atoms with van der Waals surface area (Å²) in [7, 11) is 1.97. The molecule has 8 heteroatoms. The predicted molar refractivity (Wildman–Crippen MR) is 84.7 cm³/mol. The largest absolute Gasteiger partial charge is 0.372 e. The fraction of sp³-hybridized carbons (Fsp3) is 0.733. The highest BCUT2D eigenvalue weighted by molar-refractivity contribution is 5.29. The normalized spacial score (nSPS) is 21.2. The van der Waals surface area contributed by atoms with Gasteiger partial charge in [0, 0.05) is 37.5 Å². The summed E-state index contributed by atoms with van der Waals surface area (Å²) in [6.45, 7) is 8.51. The Morgan fingerprint density at radius 2 is 2.17 bits per heavy atom. The maximum Gasteiger partial charge on any atom is 0.165 e. The SMILES string of the molecule is CCCn1nnnc1CN[C@H]1CCO[C@@H]1c1c(C)nn(C)c1C. The van der Waals surface area contributed by atoms with Gasteiger partial charge in [0.15, 0.2) is 5.82 Å². The quantitative estimate of drug-likeness (QED) is 0.857. The molecule has 3 rings (SSSR count). The number of tetrazole rings is 1. The number of nitrogens with one attached hydrogen (secondary N) is 1. The lowest BCUT2D eigenvalue weighted by molar-refractivity contribution is 0.0972. The van der Waals surface area contributed by atoms with Gasteiger partial charge in [-0.3, -0.25) is 4.68 Å². The van der Waals surface area contributed by atoms with E-state index in [0.29, 0.717) is 6.54 Å². The summed E-state index contributed by atoms with van der Waals surface area (Å²) in [6.07, 6.45) is 2.04. The van der Waals surface area contributed by atoms with Gasteiger partial charge < -0.3 is 10.1 Å². The van der Waals surface area contributed by atoms with Crippen LogP contribution in [0.4, 0.5) is 0 Å². The van der Waals surface area contributed by atoms with E-state index in [4.69, 9.17) is 4.74 Å². The number of aromatic nitrogens is 6. The number of aryl methyl sites for hydroxylation is 3. The van der Waals surface area contributed by atoms with Crippen LogP contribution in [0.3, 0.4) is 0 Å². The van der Waals surface area contributed by atoms with Crippen molar-refractivity contribution in [2.45, 2.75) is 58.8 Å². The highest BCUT2D eigenvalue weighted by Crippen LogP contribution is 2.33. The second-order valence-electron chi connectivity index (χ2n) is 6.09. The predicted octanol–water partition coefficient (Wildman–Crippen LogP) is 1.05. The summed E-state index contributed by atoms with van der Waals surface area (Å²) in [5, 5.41) is 20.0. The Balaban J connectivity index is 1.71. The lowest BCUT2D eigenvalue weighted by atomic mass is 10.0. The molecule has 2 aromatic rings. The van der Waals surface area contributed by atoms with Crippen molar-refractivity contribution in [3.63, 3.8) is 0 Å². The van der Waals surface area contributed by atoms with Crippen LogP contribution in [0.2, 0.25) is 0 Å². The fourth-order valence-corrected chi connectivity index (χ4v) is 3.24. The van der Waals surface area contributed by atoms with E-state index < -0.39 is 0 Å². The average Bonchev–Trinajstić information content (AvgIpc) is 3.19. The third-order valence-electron chi connectivity index (χ3n) is 4.51. The van der Waals surface area contributed by atoms with Crippen LogP contribution in [0.5, 0.6) is 0 Å². The van der Waals surface area contributed by atoms with Crippen LogP contribution in [0.15, 0.2) is 0 Å². The molecule has 1 saturated heterocycles. The Labute approximate surface area is 136 Å². The van der Waals surface area contributed by atoms with Crippen molar-refractivity contribution >= 4 is 0 Å². The molecular formula is C15H25N7O. The smallest absolute Gasteiger partial charge is 0.165 e. The maximum atomic E-state index is 6.00. The Bertz CT molecular complexity index is 663. The first-order valence-electron chi connectivity index (χ1n) is 8.22. The van der Waals surface area contributed by atoms with Gasteiger partial charge in [-0.1, -0.05) is 6.92 Å². The van der Waals surface area contributed by atoms with Crippen molar-refractivity contribution in [1.82, 2.24) is 35.3 Å². The Morgan fingerprint density at radius 3 is 2.87 bits per heavy atom. The van der Waals surface area contributed by atoms with Crippen LogP contribution < -0.4 is 5.32 Å². The molecule has 0 radical (unpaired) electrons. The van der Waals surface area contributed by atoms with Crippen molar-refractivity contribution in [3.05, 3.63) is 22.8 Å². The molecule has 23 heavy (non-hydrogen) atoms. The minimum atomic E-state index is 0.0409. The van der Waals surface area contributed by atoms with E-state index in [9.17, 15) is 0 Å². The number of ether oxygens (including phenoxy) is 1. The van der Waals surface area contributed by atoms with Gasteiger partial charge in [-0.15, -0.1) is 5.10 Å². The topological polar surface area (TPSA) is 82.7 Å². The third kappa shape index (κ3) is 3.13. The average molecular weight is 319 g/mol. The maximum absolute atomic E-state index is 6.00.